The van der Waals surface area contributed by atoms with Gasteiger partial charge in [-0.15, -0.1) is 11.3 Å². The molecule has 0 bridgehead atoms. The molecule has 0 saturated heterocycles. The van der Waals surface area contributed by atoms with Crippen molar-refractivity contribution in [3.63, 3.8) is 0 Å². The van der Waals surface area contributed by atoms with Gasteiger partial charge >= 0.3 is 0 Å². The summed E-state index contributed by atoms with van der Waals surface area (Å²) in [6.45, 7) is 0. The lowest BCUT2D eigenvalue weighted by Crippen LogP contribution is -2.16. The van der Waals surface area contributed by atoms with Crippen LogP contribution in [0.3, 0.4) is 0 Å². The normalized spacial score (nSPS) is 10.8. The van der Waals surface area contributed by atoms with Crippen molar-refractivity contribution in [1.29, 1.82) is 0 Å². The molecule has 0 spiro atoms. The summed E-state index contributed by atoms with van der Waals surface area (Å²) < 4.78 is 0.893. The highest BCUT2D eigenvalue weighted by Gasteiger charge is 2.14. The maximum atomic E-state index is 12.3. The molecule has 2 N–H and O–H groups in total. The Hall–Kier alpha value is -2.95. The first kappa shape index (κ1) is 18.4. The highest BCUT2D eigenvalue weighted by Crippen LogP contribution is 2.28. The number of hydrogen-bond acceptors (Lipinski definition) is 8. The van der Waals surface area contributed by atoms with Crippen molar-refractivity contribution < 1.29 is 9.59 Å². The molecule has 8 nitrogen and oxygen atoms in total. The first-order valence-electron chi connectivity index (χ1n) is 7.95. The predicted octanol–water partition coefficient (Wildman–Crippen LogP) is 3.63. The van der Waals surface area contributed by atoms with Gasteiger partial charge in [0.25, 0.3) is 5.91 Å². The van der Waals surface area contributed by atoms with Crippen molar-refractivity contribution in [3.8, 4) is 0 Å². The van der Waals surface area contributed by atoms with Crippen LogP contribution in [0.5, 0.6) is 0 Å². The fraction of sp³-hybridized carbons (Fsp3) is 0.0588. The quantitative estimate of drug-likeness (QED) is 0.500. The van der Waals surface area contributed by atoms with Crippen molar-refractivity contribution in [2.75, 3.05) is 10.6 Å². The van der Waals surface area contributed by atoms with E-state index in [1.165, 1.54) is 35.1 Å². The summed E-state index contributed by atoms with van der Waals surface area (Å²) in [4.78, 5) is 40.6. The topological polar surface area (TPSA) is 110 Å². The lowest BCUT2D eigenvalue weighted by molar-refractivity contribution is -0.115. The number of amides is 2. The van der Waals surface area contributed by atoms with E-state index in [0.29, 0.717) is 21.0 Å². The zero-order chi connectivity index (χ0) is 19.5. The lowest BCUT2D eigenvalue weighted by Gasteiger charge is -2.00. The predicted molar refractivity (Wildman–Crippen MR) is 109 cm³/mol. The summed E-state index contributed by atoms with van der Waals surface area (Å²) in [5, 5.41) is 8.56. The van der Waals surface area contributed by atoms with Crippen molar-refractivity contribution in [3.05, 3.63) is 58.6 Å². The first-order chi connectivity index (χ1) is 13.6. The smallest absolute Gasteiger partial charge is 0.295 e. The second-order valence-electron chi connectivity index (χ2n) is 5.53. The summed E-state index contributed by atoms with van der Waals surface area (Å²) >= 11 is 8.53. The molecule has 3 aromatic heterocycles. The monoisotopic (exact) mass is 430 g/mol. The average molecular weight is 431 g/mol. The second-order valence-corrected chi connectivity index (χ2v) is 7.85. The van der Waals surface area contributed by atoms with E-state index < -0.39 is 5.91 Å². The van der Waals surface area contributed by atoms with Crippen LogP contribution in [0.4, 0.5) is 10.3 Å². The van der Waals surface area contributed by atoms with Crippen LogP contribution in [-0.4, -0.2) is 31.8 Å². The number of fused-ring (bicyclic) bond motifs is 1. The van der Waals surface area contributed by atoms with E-state index in [9.17, 15) is 9.59 Å². The highest BCUT2D eigenvalue weighted by atomic mass is 35.5. The van der Waals surface area contributed by atoms with E-state index in [0.717, 1.165) is 10.2 Å². The lowest BCUT2D eigenvalue weighted by atomic mass is 10.3. The molecule has 140 valence electrons. The Bertz CT molecular complexity index is 1160. The minimum absolute atomic E-state index is 0.0490. The van der Waals surface area contributed by atoms with Gasteiger partial charge in [0, 0.05) is 22.8 Å². The SMILES string of the molecule is O=C(Cc1csc(NC(=O)c2ncccn2)n1)Nc1nc2ccc(Cl)cc2s1. The molecule has 0 unspecified atom stereocenters. The Morgan fingerprint density at radius 1 is 1.07 bits per heavy atom. The Kier molecular flexibility index (Phi) is 5.24. The number of rotatable bonds is 5. The third kappa shape index (κ3) is 4.30. The number of carbonyl (C=O) groups is 2. The molecule has 4 rings (SSSR count). The number of benzene rings is 1. The van der Waals surface area contributed by atoms with E-state index in [-0.39, 0.29) is 18.2 Å². The maximum Gasteiger partial charge on any atom is 0.295 e. The van der Waals surface area contributed by atoms with Gasteiger partial charge < -0.3 is 5.32 Å². The van der Waals surface area contributed by atoms with Crippen LogP contribution >= 0.6 is 34.3 Å². The Labute approximate surface area is 171 Å². The molecule has 11 heteroatoms. The number of nitrogens with zero attached hydrogens (tertiary/aromatic N) is 4. The van der Waals surface area contributed by atoms with Crippen LogP contribution in [0, 0.1) is 0 Å². The number of nitrogens with one attached hydrogen (secondary N) is 2. The van der Waals surface area contributed by atoms with Gasteiger partial charge in [0.2, 0.25) is 11.7 Å². The molecule has 0 radical (unpaired) electrons. The summed E-state index contributed by atoms with van der Waals surface area (Å²) in [5.74, 6) is -0.660. The highest BCUT2D eigenvalue weighted by molar-refractivity contribution is 7.22. The van der Waals surface area contributed by atoms with Crippen LogP contribution in [0.2, 0.25) is 5.02 Å². The van der Waals surface area contributed by atoms with E-state index in [1.807, 2.05) is 0 Å². The fourth-order valence-corrected chi connectivity index (χ4v) is 4.16. The van der Waals surface area contributed by atoms with Gasteiger partial charge in [-0.05, 0) is 24.3 Å². The molecule has 0 aliphatic heterocycles. The maximum absolute atomic E-state index is 12.3. The van der Waals surface area contributed by atoms with Crippen LogP contribution in [-0.2, 0) is 11.2 Å². The molecule has 0 saturated carbocycles. The van der Waals surface area contributed by atoms with Gasteiger partial charge in [-0.1, -0.05) is 22.9 Å². The molecular weight excluding hydrogens is 420 g/mol. The van der Waals surface area contributed by atoms with Crippen LogP contribution in [0.1, 0.15) is 16.3 Å². The van der Waals surface area contributed by atoms with E-state index in [4.69, 9.17) is 11.6 Å². The van der Waals surface area contributed by atoms with Crippen molar-refractivity contribution in [1.82, 2.24) is 19.9 Å². The van der Waals surface area contributed by atoms with E-state index in [1.54, 1.807) is 29.6 Å². The Balaban J connectivity index is 1.37. The minimum Gasteiger partial charge on any atom is -0.302 e. The van der Waals surface area contributed by atoms with Gasteiger partial charge in [-0.25, -0.2) is 19.9 Å². The molecule has 0 aliphatic carbocycles. The number of aromatic nitrogens is 4. The summed E-state index contributed by atoms with van der Waals surface area (Å²) in [6, 6.07) is 6.98. The zero-order valence-corrected chi connectivity index (χ0v) is 16.4. The van der Waals surface area contributed by atoms with Gasteiger partial charge in [0.15, 0.2) is 10.3 Å². The Morgan fingerprint density at radius 3 is 2.71 bits per heavy atom. The van der Waals surface area contributed by atoms with Crippen molar-refractivity contribution in [2.45, 2.75) is 6.42 Å². The van der Waals surface area contributed by atoms with Crippen LogP contribution in [0.25, 0.3) is 10.2 Å². The van der Waals surface area contributed by atoms with Gasteiger partial charge in [0.05, 0.1) is 22.3 Å². The largest absolute Gasteiger partial charge is 0.302 e. The second kappa shape index (κ2) is 7.97. The molecule has 1 aromatic carbocycles. The Morgan fingerprint density at radius 2 is 1.89 bits per heavy atom. The number of anilines is 2. The summed E-state index contributed by atoms with van der Waals surface area (Å²) in [5.41, 5.74) is 1.31. The third-order valence-corrected chi connectivity index (χ3v) is 5.45. The number of halogens is 1. The molecule has 3 heterocycles. The molecule has 28 heavy (non-hydrogen) atoms. The third-order valence-electron chi connectivity index (χ3n) is 3.48. The number of hydrogen-bond donors (Lipinski definition) is 2. The molecule has 0 atom stereocenters. The van der Waals surface area contributed by atoms with E-state index in [2.05, 4.69) is 30.6 Å². The van der Waals surface area contributed by atoms with Gasteiger partial charge in [-0.3, -0.25) is 14.9 Å². The minimum atomic E-state index is -0.459. The molecular formula is C17H11ClN6O2S2. The van der Waals surface area contributed by atoms with Gasteiger partial charge in [0.1, 0.15) is 0 Å². The summed E-state index contributed by atoms with van der Waals surface area (Å²) in [6.07, 6.45) is 3.02. The molecule has 0 fully saturated rings. The standard InChI is InChI=1S/C17H11ClN6O2S2/c18-9-2-3-11-12(6-9)28-17(22-11)23-13(25)7-10-8-27-16(21-10)24-15(26)14-19-4-1-5-20-14/h1-6,8H,7H2,(H,21,24,26)(H,22,23,25). The van der Waals surface area contributed by atoms with Gasteiger partial charge in [-0.2, -0.15) is 0 Å². The number of carbonyl (C=O) groups excluding carboxylic acids is 2. The van der Waals surface area contributed by atoms with Crippen LogP contribution < -0.4 is 10.6 Å². The van der Waals surface area contributed by atoms with Crippen molar-refractivity contribution in [2.24, 2.45) is 0 Å². The first-order valence-corrected chi connectivity index (χ1v) is 10.0. The van der Waals surface area contributed by atoms with Crippen LogP contribution in [0.15, 0.2) is 42.0 Å². The molecule has 2 amide bonds. The van der Waals surface area contributed by atoms with E-state index >= 15 is 0 Å². The zero-order valence-electron chi connectivity index (χ0n) is 14.0. The fourth-order valence-electron chi connectivity index (χ4n) is 2.29. The van der Waals surface area contributed by atoms with Crippen molar-refractivity contribution >= 4 is 66.6 Å². The number of thiazole rings is 2. The molecule has 0 aliphatic rings. The summed E-state index contributed by atoms with van der Waals surface area (Å²) in [7, 11) is 0. The molecule has 4 aromatic rings. The average Bonchev–Trinajstić information content (AvgIpc) is 3.28.